The highest BCUT2D eigenvalue weighted by atomic mass is 16.6. The smallest absolute Gasteiger partial charge is 0.318 e. The van der Waals surface area contributed by atoms with Crippen molar-refractivity contribution in [3.8, 4) is 11.8 Å². The number of nitro benzene ring substituents is 1. The highest BCUT2D eigenvalue weighted by molar-refractivity contribution is 5.96. The van der Waals surface area contributed by atoms with Gasteiger partial charge in [0.05, 0.1) is 23.7 Å². The van der Waals surface area contributed by atoms with Gasteiger partial charge in [-0.25, -0.2) is 0 Å². The molecule has 0 aliphatic carbocycles. The van der Waals surface area contributed by atoms with Crippen molar-refractivity contribution in [1.29, 1.82) is 5.26 Å². The average Bonchev–Trinajstić information content (AvgIpc) is 2.65. The van der Waals surface area contributed by atoms with E-state index in [0.717, 1.165) is 0 Å². The second-order valence-corrected chi connectivity index (χ2v) is 5.76. The Labute approximate surface area is 149 Å². The Bertz CT molecular complexity index is 961. The van der Waals surface area contributed by atoms with Gasteiger partial charge in [0.25, 0.3) is 5.91 Å². The first kappa shape index (κ1) is 17.2. The van der Waals surface area contributed by atoms with Crippen LogP contribution in [0.3, 0.4) is 0 Å². The summed E-state index contributed by atoms with van der Waals surface area (Å²) in [5, 5.41) is 21.4. The number of hydrogen-bond acceptors (Lipinski definition) is 5. The number of methoxy groups -OCH3 is 1. The lowest BCUT2D eigenvalue weighted by Gasteiger charge is -2.29. The summed E-state index contributed by atoms with van der Waals surface area (Å²) in [6.07, 6.45) is 3.09. The summed E-state index contributed by atoms with van der Waals surface area (Å²) >= 11 is 0. The summed E-state index contributed by atoms with van der Waals surface area (Å²) in [5.74, 6) is -0.315. The third kappa shape index (κ3) is 2.67. The first-order chi connectivity index (χ1) is 12.5. The summed E-state index contributed by atoms with van der Waals surface area (Å²) in [4.78, 5) is 25.1. The fourth-order valence-corrected chi connectivity index (χ4v) is 3.11. The van der Waals surface area contributed by atoms with Gasteiger partial charge in [0.2, 0.25) is 0 Å². The van der Waals surface area contributed by atoms with Gasteiger partial charge in [-0.3, -0.25) is 19.8 Å². The van der Waals surface area contributed by atoms with Gasteiger partial charge in [-0.1, -0.05) is 18.2 Å². The Balaban J connectivity index is 2.19. The molecule has 1 amide bonds. The number of nitro groups is 1. The van der Waals surface area contributed by atoms with Crippen molar-refractivity contribution < 1.29 is 14.5 Å². The van der Waals surface area contributed by atoms with E-state index in [0.29, 0.717) is 16.7 Å². The molecule has 7 nitrogen and oxygen atoms in total. The third-order valence-corrected chi connectivity index (χ3v) is 4.24. The van der Waals surface area contributed by atoms with E-state index >= 15 is 0 Å². The lowest BCUT2D eigenvalue weighted by molar-refractivity contribution is -0.386. The van der Waals surface area contributed by atoms with Gasteiger partial charge >= 0.3 is 5.69 Å². The van der Waals surface area contributed by atoms with Crippen molar-refractivity contribution in [2.24, 2.45) is 0 Å². The normalized spacial score (nSPS) is 15.1. The molecule has 130 valence electrons. The molecule has 0 spiro atoms. The van der Waals surface area contributed by atoms with Crippen LogP contribution in [0.1, 0.15) is 33.1 Å². The van der Waals surface area contributed by atoms with Crippen LogP contribution in [0.15, 0.2) is 42.6 Å². The van der Waals surface area contributed by atoms with Gasteiger partial charge in [0, 0.05) is 11.8 Å². The predicted molar refractivity (Wildman–Crippen MR) is 94.4 cm³/mol. The second kappa shape index (κ2) is 6.69. The van der Waals surface area contributed by atoms with Crippen molar-refractivity contribution in [3.63, 3.8) is 0 Å². The Morgan fingerprint density at radius 2 is 2.04 bits per heavy atom. The number of nitriles is 1. The average molecular weight is 349 g/mol. The van der Waals surface area contributed by atoms with Gasteiger partial charge in [0.1, 0.15) is 0 Å². The largest absolute Gasteiger partial charge is 0.490 e. The number of carbonyl (C=O) groups excluding carboxylic acids is 1. The number of hydrogen-bond donors (Lipinski definition) is 0. The monoisotopic (exact) mass is 349 g/mol. The minimum Gasteiger partial charge on any atom is -0.490 e. The zero-order valence-corrected chi connectivity index (χ0v) is 14.2. The van der Waals surface area contributed by atoms with E-state index in [-0.39, 0.29) is 17.0 Å². The molecule has 3 rings (SSSR count). The first-order valence-corrected chi connectivity index (χ1v) is 7.81. The fraction of sp³-hybridized carbons (Fsp3) is 0.158. The number of benzene rings is 2. The van der Waals surface area contributed by atoms with Crippen molar-refractivity contribution in [2.75, 3.05) is 7.11 Å². The van der Waals surface area contributed by atoms with Crippen LogP contribution in [0.2, 0.25) is 0 Å². The number of aryl methyl sites for hydroxylation is 1. The van der Waals surface area contributed by atoms with Crippen LogP contribution < -0.4 is 4.74 Å². The number of amides is 1. The third-order valence-electron chi connectivity index (χ3n) is 4.24. The number of ether oxygens (including phenoxy) is 1. The van der Waals surface area contributed by atoms with Gasteiger partial charge in [-0.05, 0) is 42.3 Å². The topological polar surface area (TPSA) is 96.5 Å². The van der Waals surface area contributed by atoms with E-state index in [1.54, 1.807) is 49.4 Å². The summed E-state index contributed by atoms with van der Waals surface area (Å²) in [6, 6.07) is 11.1. The van der Waals surface area contributed by atoms with Crippen LogP contribution in [-0.2, 0) is 0 Å². The molecule has 1 unspecified atom stereocenters. The number of nitrogens with zero attached hydrogens (tertiary/aromatic N) is 3. The predicted octanol–water partition coefficient (Wildman–Crippen LogP) is 3.60. The zero-order valence-electron chi connectivity index (χ0n) is 14.2. The fourth-order valence-electron chi connectivity index (χ4n) is 3.11. The van der Waals surface area contributed by atoms with Crippen LogP contribution in [0.5, 0.6) is 5.75 Å². The molecule has 0 bridgehead atoms. The van der Waals surface area contributed by atoms with Crippen LogP contribution in [0, 0.1) is 28.4 Å². The minimum atomic E-state index is -1.13. The summed E-state index contributed by atoms with van der Waals surface area (Å²) in [5.41, 5.74) is 1.37. The Morgan fingerprint density at radius 1 is 1.35 bits per heavy atom. The molecule has 1 heterocycles. The van der Waals surface area contributed by atoms with E-state index in [1.165, 1.54) is 18.2 Å². The van der Waals surface area contributed by atoms with Crippen molar-refractivity contribution in [2.45, 2.75) is 13.0 Å². The van der Waals surface area contributed by atoms with Crippen LogP contribution in [-0.4, -0.2) is 22.8 Å². The number of rotatable bonds is 3. The number of fused-ring (bicyclic) bond motifs is 1. The van der Waals surface area contributed by atoms with E-state index in [1.807, 2.05) is 6.07 Å². The van der Waals surface area contributed by atoms with Gasteiger partial charge in [-0.2, -0.15) is 5.26 Å². The Morgan fingerprint density at radius 3 is 2.62 bits per heavy atom. The van der Waals surface area contributed by atoms with Gasteiger partial charge in [0.15, 0.2) is 11.8 Å². The van der Waals surface area contributed by atoms with E-state index < -0.39 is 16.9 Å². The molecule has 1 atom stereocenters. The Hall–Kier alpha value is -3.66. The van der Waals surface area contributed by atoms with Gasteiger partial charge < -0.3 is 4.74 Å². The highest BCUT2D eigenvalue weighted by Gasteiger charge is 2.37. The standard InChI is InChI=1S/C19H15N3O4/c1-12-10-14-8-9-21(19(23)13-6-4-3-5-7-13)15(11-20)16(14)17(22(24)25)18(12)26-2/h3-10,15H,1-2H3. The minimum absolute atomic E-state index is 0.0939. The van der Waals surface area contributed by atoms with Crippen LogP contribution in [0.25, 0.3) is 6.08 Å². The molecule has 0 saturated heterocycles. The summed E-state index contributed by atoms with van der Waals surface area (Å²) in [6.45, 7) is 1.70. The van der Waals surface area contributed by atoms with E-state index in [9.17, 15) is 20.2 Å². The lowest BCUT2D eigenvalue weighted by Crippen LogP contribution is -2.32. The molecular formula is C19H15N3O4. The van der Waals surface area contributed by atoms with Crippen LogP contribution >= 0.6 is 0 Å². The van der Waals surface area contributed by atoms with Crippen molar-refractivity contribution >= 4 is 17.7 Å². The van der Waals surface area contributed by atoms with E-state index in [2.05, 4.69) is 0 Å². The number of carbonyl (C=O) groups is 1. The quantitative estimate of drug-likeness (QED) is 0.623. The van der Waals surface area contributed by atoms with Gasteiger partial charge in [-0.15, -0.1) is 0 Å². The molecular weight excluding hydrogens is 334 g/mol. The molecule has 0 aromatic heterocycles. The molecule has 0 fully saturated rings. The summed E-state index contributed by atoms with van der Waals surface area (Å²) < 4.78 is 5.20. The molecule has 0 saturated carbocycles. The Kier molecular flexibility index (Phi) is 4.42. The van der Waals surface area contributed by atoms with Crippen LogP contribution in [0.4, 0.5) is 5.69 Å². The molecule has 1 aliphatic rings. The maximum Gasteiger partial charge on any atom is 0.318 e. The molecule has 1 aliphatic heterocycles. The van der Waals surface area contributed by atoms with Crippen molar-refractivity contribution in [3.05, 3.63) is 75.0 Å². The van der Waals surface area contributed by atoms with E-state index in [4.69, 9.17) is 4.74 Å². The molecule has 2 aromatic carbocycles. The second-order valence-electron chi connectivity index (χ2n) is 5.76. The van der Waals surface area contributed by atoms with Crippen molar-refractivity contribution in [1.82, 2.24) is 4.90 Å². The first-order valence-electron chi connectivity index (χ1n) is 7.81. The maximum absolute atomic E-state index is 12.8. The zero-order chi connectivity index (χ0) is 18.8. The maximum atomic E-state index is 12.8. The SMILES string of the molecule is COc1c(C)cc2c(c1[N+](=O)[O-])C(C#N)N(C(=O)c1ccccc1)C=C2. The lowest BCUT2D eigenvalue weighted by atomic mass is 9.92. The highest BCUT2D eigenvalue weighted by Crippen LogP contribution is 2.44. The summed E-state index contributed by atoms with van der Waals surface area (Å²) in [7, 11) is 1.34. The molecule has 26 heavy (non-hydrogen) atoms. The molecule has 0 N–H and O–H groups in total. The molecule has 2 aromatic rings. The molecule has 0 radical (unpaired) electrons. The molecule has 7 heteroatoms.